The zero-order valence-corrected chi connectivity index (χ0v) is 28.3. The van der Waals surface area contributed by atoms with Crippen molar-refractivity contribution in [3.05, 3.63) is 51.4 Å². The predicted octanol–water partition coefficient (Wildman–Crippen LogP) is 9.85. The molecule has 3 heterocycles. The van der Waals surface area contributed by atoms with Crippen LogP contribution in [0, 0.1) is 0 Å². The van der Waals surface area contributed by atoms with Gasteiger partial charge in [0.2, 0.25) is 5.00 Å². The summed E-state index contributed by atoms with van der Waals surface area (Å²) in [6.45, 7) is 6.32. The van der Waals surface area contributed by atoms with Crippen LogP contribution in [0.15, 0.2) is 30.3 Å². The summed E-state index contributed by atoms with van der Waals surface area (Å²) in [4.78, 5) is 22.1. The van der Waals surface area contributed by atoms with Gasteiger partial charge in [0.15, 0.2) is 4.88 Å². The molecule has 0 saturated carbocycles. The molecule has 1 N–H and O–H groups in total. The van der Waals surface area contributed by atoms with E-state index in [0.717, 1.165) is 56.3 Å². The van der Waals surface area contributed by atoms with Gasteiger partial charge in [-0.25, -0.2) is 4.79 Å². The molecule has 5 rings (SSSR count). The number of urea groups is 1. The summed E-state index contributed by atoms with van der Waals surface area (Å²) in [5.41, 5.74) is 4.01. The average molecular weight is 626 g/mol. The number of nitrogens with one attached hydrogen (secondary N) is 1. The fraction of sp³-hybridized carbons (Fsp3) is 0.639. The van der Waals surface area contributed by atoms with Crippen molar-refractivity contribution in [2.24, 2.45) is 6.26 Å². The van der Waals surface area contributed by atoms with E-state index in [0.29, 0.717) is 0 Å². The van der Waals surface area contributed by atoms with Crippen LogP contribution < -0.4 is 15.1 Å². The van der Waals surface area contributed by atoms with Crippen molar-refractivity contribution in [3.8, 4) is 0 Å². The first-order valence-corrected chi connectivity index (χ1v) is 19.2. The summed E-state index contributed by atoms with van der Waals surface area (Å²) in [5.74, 6) is 0. The van der Waals surface area contributed by atoms with Gasteiger partial charge in [-0.3, -0.25) is 0 Å². The normalized spacial score (nSPS) is 17.7. The third kappa shape index (κ3) is 7.92. The lowest BCUT2D eigenvalue weighted by atomic mass is 10.0. The Morgan fingerprint density at radius 2 is 1.56 bits per heavy atom. The van der Waals surface area contributed by atoms with Crippen molar-refractivity contribution in [1.82, 2.24) is 10.2 Å². The molecule has 1 aliphatic carbocycles. The summed E-state index contributed by atoms with van der Waals surface area (Å²) < 4.78 is 0. The fourth-order valence-corrected chi connectivity index (χ4v) is 9.75. The maximum Gasteiger partial charge on any atom is 0.319 e. The number of thiophene rings is 1. The number of benzene rings is 1. The van der Waals surface area contributed by atoms with Crippen molar-refractivity contribution in [2.75, 3.05) is 36.0 Å². The second-order valence-electron chi connectivity index (χ2n) is 12.8. The number of halogens is 1. The minimum Gasteiger partial charge on any atom is -0.362 e. The van der Waals surface area contributed by atoms with E-state index in [1.165, 1.54) is 104 Å². The topological polar surface area (TPSA) is 38.8 Å². The van der Waals surface area contributed by atoms with E-state index >= 15 is 0 Å². The lowest BCUT2D eigenvalue weighted by molar-refractivity contribution is 0.193. The summed E-state index contributed by atoms with van der Waals surface area (Å²) in [5, 5.41) is 5.51. The number of carbonyl (C=O) groups is 1. The largest absolute Gasteiger partial charge is 0.362 e. The van der Waals surface area contributed by atoms with Crippen LogP contribution in [-0.2, 0) is 19.2 Å². The maximum atomic E-state index is 13.5. The monoisotopic (exact) mass is 625 g/mol. The number of carbonyl (C=O) groups excluding carboxylic acids is 1. The molecule has 0 bridgehead atoms. The van der Waals surface area contributed by atoms with E-state index in [-0.39, 0.29) is 22.7 Å². The number of hydrogen-bond acceptors (Lipinski definition) is 3. The van der Waals surface area contributed by atoms with E-state index in [1.807, 2.05) is 12.1 Å². The third-order valence-electron chi connectivity index (χ3n) is 9.69. The number of nitrogens with zero attached hydrogens (tertiary/aromatic N) is 3. The Bertz CT molecular complexity index is 1230. The van der Waals surface area contributed by atoms with Crippen LogP contribution in [0.5, 0.6) is 0 Å². The minimum absolute atomic E-state index is 0.0130. The van der Waals surface area contributed by atoms with Gasteiger partial charge in [0.05, 0.1) is 29.4 Å². The predicted molar refractivity (Wildman–Crippen MR) is 187 cm³/mol. The van der Waals surface area contributed by atoms with Gasteiger partial charge in [-0.1, -0.05) is 120 Å². The highest BCUT2D eigenvalue weighted by molar-refractivity contribution is 7.34. The summed E-state index contributed by atoms with van der Waals surface area (Å²) in [6.07, 6.45) is 26.9. The lowest BCUT2D eigenvalue weighted by Gasteiger charge is -2.33. The number of para-hydroxylation sites is 1. The molecular weight excluding hydrogens is 572 g/mol. The smallest absolute Gasteiger partial charge is 0.319 e. The van der Waals surface area contributed by atoms with E-state index < -0.39 is 0 Å². The molecular formula is C36H54ClN4OS+. The van der Waals surface area contributed by atoms with Gasteiger partial charge in [-0.05, 0) is 31.1 Å². The Morgan fingerprint density at radius 3 is 2.23 bits per heavy atom. The summed E-state index contributed by atoms with van der Waals surface area (Å²) in [7, 11) is 0.0431. The molecule has 43 heavy (non-hydrogen) atoms. The van der Waals surface area contributed by atoms with Gasteiger partial charge in [0, 0.05) is 35.7 Å². The van der Waals surface area contributed by atoms with Crippen LogP contribution in [0.3, 0.4) is 0 Å². The first kappa shape index (κ1) is 32.2. The number of allylic oxidation sites excluding steroid dienone is 1. The molecule has 2 unspecified atom stereocenters. The molecule has 2 atom stereocenters. The molecule has 2 aliphatic heterocycles. The lowest BCUT2D eigenvalue weighted by Crippen LogP contribution is -2.51. The minimum atomic E-state index is 0.0130. The standard InChI is InChI=1S/C36H53ClN4OS/c1-3-4-5-6-7-8-9-10-11-12-13-14-15-18-24-38-36(42)41-26-25-40-34(41)28-39(32-22-17-16-21-31(32)37)27-30-29-20-19-23-33(29)43(2)35(30)40/h16-17,19,21-23,34H,3-15,18,20,24-28H2,1-2H3/p+1. The van der Waals surface area contributed by atoms with Gasteiger partial charge in [0.25, 0.3) is 0 Å². The number of fused-ring (bicyclic) bond motifs is 5. The van der Waals surface area contributed by atoms with Crippen molar-refractivity contribution < 1.29 is 4.79 Å². The van der Waals surface area contributed by atoms with Crippen LogP contribution in [0.4, 0.5) is 15.5 Å². The molecule has 2 amide bonds. The number of rotatable bonds is 16. The first-order valence-electron chi connectivity index (χ1n) is 17.2. The van der Waals surface area contributed by atoms with Crippen molar-refractivity contribution >= 4 is 44.9 Å². The molecule has 1 aromatic heterocycles. The second-order valence-corrected chi connectivity index (χ2v) is 15.0. The van der Waals surface area contributed by atoms with Gasteiger partial charge < -0.3 is 20.0 Å². The Balaban J connectivity index is 1.08. The van der Waals surface area contributed by atoms with Crippen LogP contribution in [-0.4, -0.2) is 43.3 Å². The molecule has 1 aromatic carbocycles. The zero-order chi connectivity index (χ0) is 30.0. The number of amides is 2. The Hall–Kier alpha value is -2.18. The van der Waals surface area contributed by atoms with E-state index in [2.05, 4.69) is 57.5 Å². The molecule has 5 nitrogen and oxygen atoms in total. The second kappa shape index (κ2) is 16.2. The van der Waals surface area contributed by atoms with E-state index in [4.69, 9.17) is 11.6 Å². The van der Waals surface area contributed by atoms with Gasteiger partial charge in [-0.15, -0.1) is 0 Å². The van der Waals surface area contributed by atoms with Gasteiger partial charge >= 0.3 is 6.03 Å². The highest BCUT2D eigenvalue weighted by Crippen LogP contribution is 2.50. The fourth-order valence-electron chi connectivity index (χ4n) is 7.29. The Kier molecular flexibility index (Phi) is 12.2. The first-order chi connectivity index (χ1) is 21.1. The SMILES string of the molecule is CCCCCCCCCCCCCCCCNC(=O)N1CCN2c3c(c4c([s+]3C)C=CC4)CN(c3ccccc3Cl)CC12. The molecule has 1 fully saturated rings. The Morgan fingerprint density at radius 1 is 0.907 bits per heavy atom. The van der Waals surface area contributed by atoms with Crippen molar-refractivity contribution in [1.29, 1.82) is 0 Å². The van der Waals surface area contributed by atoms with Crippen molar-refractivity contribution in [3.63, 3.8) is 0 Å². The molecule has 0 spiro atoms. The number of hydrogen-bond donors (Lipinski definition) is 1. The van der Waals surface area contributed by atoms with Crippen LogP contribution in [0.2, 0.25) is 5.02 Å². The summed E-state index contributed by atoms with van der Waals surface area (Å²) >= 11 is 6.73. The Labute approximate surface area is 268 Å². The average Bonchev–Trinajstić information content (AvgIpc) is 3.69. The van der Waals surface area contributed by atoms with Crippen molar-refractivity contribution in [2.45, 2.75) is 116 Å². The highest BCUT2D eigenvalue weighted by atomic mass is 35.5. The number of unbranched alkanes of at least 4 members (excludes halogenated alkanes) is 13. The molecule has 0 radical (unpaired) electrons. The molecule has 7 heteroatoms. The molecule has 3 aliphatic rings. The van der Waals surface area contributed by atoms with Crippen LogP contribution in [0.1, 0.15) is 113 Å². The molecule has 236 valence electrons. The zero-order valence-electron chi connectivity index (χ0n) is 26.7. The number of anilines is 2. The molecule has 2 aromatic rings. The van der Waals surface area contributed by atoms with E-state index in [1.54, 1.807) is 0 Å². The third-order valence-corrected chi connectivity index (χ3v) is 12.1. The molecule has 1 saturated heterocycles. The highest BCUT2D eigenvalue weighted by Gasteiger charge is 2.46. The maximum absolute atomic E-state index is 13.5. The van der Waals surface area contributed by atoms with Crippen LogP contribution in [0.25, 0.3) is 6.08 Å². The van der Waals surface area contributed by atoms with Gasteiger partial charge in [-0.2, -0.15) is 0 Å². The van der Waals surface area contributed by atoms with E-state index in [9.17, 15) is 4.79 Å². The summed E-state index contributed by atoms with van der Waals surface area (Å²) in [6, 6.07) is 8.24. The van der Waals surface area contributed by atoms with Crippen LogP contribution >= 0.6 is 22.1 Å². The van der Waals surface area contributed by atoms with Gasteiger partial charge in [0.1, 0.15) is 12.4 Å². The quantitative estimate of drug-likeness (QED) is 0.149.